The van der Waals surface area contributed by atoms with E-state index < -0.39 is 132 Å². The Morgan fingerprint density at radius 1 is 0.736 bits per heavy atom. The lowest BCUT2D eigenvalue weighted by Gasteiger charge is -2.30. The van der Waals surface area contributed by atoms with Gasteiger partial charge in [0.25, 0.3) is 0 Å². The van der Waals surface area contributed by atoms with Crippen molar-refractivity contribution in [1.29, 1.82) is 0 Å². The van der Waals surface area contributed by atoms with Crippen LogP contribution in [0.3, 0.4) is 0 Å². The van der Waals surface area contributed by atoms with Gasteiger partial charge in [0.1, 0.15) is 54.4 Å². The molecule has 2 saturated heterocycles. The molecular weight excluding hydrogens is 1170 g/mol. The molecular formula is C56H77N17O12S2. The number of nitrogens with one attached hydrogen (secondary N) is 10. The van der Waals surface area contributed by atoms with Gasteiger partial charge >= 0.3 is 5.97 Å². The number of carboxylic acids is 1. The van der Waals surface area contributed by atoms with Crippen molar-refractivity contribution in [3.05, 3.63) is 90.1 Å². The summed E-state index contributed by atoms with van der Waals surface area (Å²) in [6.45, 7) is 1.60. The van der Waals surface area contributed by atoms with Crippen LogP contribution in [-0.4, -0.2) is 181 Å². The molecule has 2 aliphatic heterocycles. The van der Waals surface area contributed by atoms with Crippen LogP contribution in [0.1, 0.15) is 81.5 Å². The number of para-hydroxylation sites is 1. The summed E-state index contributed by atoms with van der Waals surface area (Å²) in [7, 11) is 1.94. The number of aromatic amines is 2. The van der Waals surface area contributed by atoms with Crippen molar-refractivity contribution in [2.24, 2.45) is 27.9 Å². The Bertz CT molecular complexity index is 3070. The van der Waals surface area contributed by atoms with E-state index in [2.05, 4.69) is 62.5 Å². The van der Waals surface area contributed by atoms with Crippen LogP contribution in [0.15, 0.2) is 78.3 Å². The quantitative estimate of drug-likeness (QED) is 0.0171. The lowest BCUT2D eigenvalue weighted by atomic mass is 10.0. The minimum Gasteiger partial charge on any atom is -0.481 e. The summed E-state index contributed by atoms with van der Waals surface area (Å²) in [5.41, 5.74) is 25.0. The summed E-state index contributed by atoms with van der Waals surface area (Å²) >= 11 is 0. The number of unbranched alkanes of at least 4 members (excludes halogenated alkanes) is 1. The Morgan fingerprint density at radius 3 is 2.01 bits per heavy atom. The highest BCUT2D eigenvalue weighted by Crippen LogP contribution is 2.25. The number of primary amides is 1. The van der Waals surface area contributed by atoms with Crippen LogP contribution >= 0.6 is 21.6 Å². The predicted molar refractivity (Wildman–Crippen MR) is 324 cm³/mol. The van der Waals surface area contributed by atoms with Crippen LogP contribution in [-0.2, 0) is 72.0 Å². The number of H-pyrrole nitrogens is 2. The number of likely N-dealkylation sites (tertiary alicyclic amines) is 1. The van der Waals surface area contributed by atoms with Gasteiger partial charge in [-0.05, 0) is 75.1 Å². The number of rotatable bonds is 22. The number of aliphatic imine (C=N–C) groups is 1. The number of nitrogens with two attached hydrogens (primary N) is 4. The molecule has 0 saturated carbocycles. The molecule has 0 bridgehead atoms. The van der Waals surface area contributed by atoms with Crippen LogP contribution in [0.2, 0.25) is 0 Å². The molecule has 29 nitrogen and oxygen atoms in total. The van der Waals surface area contributed by atoms with E-state index in [4.69, 9.17) is 22.9 Å². The van der Waals surface area contributed by atoms with Crippen LogP contribution in [0.4, 0.5) is 0 Å². The van der Waals surface area contributed by atoms with Crippen molar-refractivity contribution >= 4 is 103 Å². The number of fused-ring (bicyclic) bond motifs is 1. The molecule has 470 valence electrons. The van der Waals surface area contributed by atoms with Crippen LogP contribution < -0.4 is 65.5 Å². The first-order chi connectivity index (χ1) is 41.7. The molecule has 4 heterocycles. The second-order valence-corrected chi connectivity index (χ2v) is 23.6. The average Bonchev–Trinajstić information content (AvgIpc) is 3.69. The van der Waals surface area contributed by atoms with Gasteiger partial charge in [-0.1, -0.05) is 70.1 Å². The van der Waals surface area contributed by atoms with Crippen LogP contribution in [0.5, 0.6) is 0 Å². The van der Waals surface area contributed by atoms with E-state index in [1.807, 2.05) is 6.07 Å². The average molecular weight is 1240 g/mol. The molecule has 0 radical (unpaired) electrons. The summed E-state index contributed by atoms with van der Waals surface area (Å²) < 4.78 is 0. The summed E-state index contributed by atoms with van der Waals surface area (Å²) in [5, 5.41) is 32.0. The van der Waals surface area contributed by atoms with E-state index in [0.717, 1.165) is 28.5 Å². The maximum absolute atomic E-state index is 15.2. The fraction of sp³-hybridized carbons (Fsp3) is 0.482. The minimum atomic E-state index is -1.62. The van der Waals surface area contributed by atoms with Crippen molar-refractivity contribution in [3.8, 4) is 0 Å². The van der Waals surface area contributed by atoms with Crippen molar-refractivity contribution in [3.63, 3.8) is 0 Å². The summed E-state index contributed by atoms with van der Waals surface area (Å²) in [6, 6.07) is 3.08. The zero-order valence-electron chi connectivity index (χ0n) is 48.1. The number of hydrogen-bond donors (Lipinski definition) is 15. The largest absolute Gasteiger partial charge is 0.481 e. The monoisotopic (exact) mass is 1240 g/mol. The van der Waals surface area contributed by atoms with Gasteiger partial charge in [-0.2, -0.15) is 0 Å². The number of carbonyl (C=O) groups excluding carboxylic acids is 10. The molecule has 6 rings (SSSR count). The highest BCUT2D eigenvalue weighted by atomic mass is 33.1. The number of hydrogen-bond acceptors (Lipinski definition) is 16. The van der Waals surface area contributed by atoms with E-state index in [-0.39, 0.29) is 75.6 Å². The Labute approximate surface area is 509 Å². The van der Waals surface area contributed by atoms with Gasteiger partial charge in [-0.15, -0.1) is 0 Å². The minimum absolute atomic E-state index is 0.00298. The molecule has 2 aromatic heterocycles. The first kappa shape index (κ1) is 67.4. The molecule has 0 spiro atoms. The number of aliphatic carboxylic acids is 1. The fourth-order valence-corrected chi connectivity index (χ4v) is 12.3. The van der Waals surface area contributed by atoms with Crippen molar-refractivity contribution in [1.82, 2.24) is 62.4 Å². The number of carboxylic acid groups (broad SMARTS) is 1. The van der Waals surface area contributed by atoms with E-state index in [1.54, 1.807) is 54.7 Å². The Balaban J connectivity index is 1.45. The second-order valence-electron chi connectivity index (χ2n) is 21.0. The van der Waals surface area contributed by atoms with Gasteiger partial charge in [0.15, 0.2) is 5.96 Å². The molecule has 10 amide bonds. The fourth-order valence-electron chi connectivity index (χ4n) is 9.95. The zero-order chi connectivity index (χ0) is 63.0. The maximum Gasteiger partial charge on any atom is 0.303 e. The van der Waals surface area contributed by atoms with Gasteiger partial charge < -0.3 is 85.4 Å². The molecule has 31 heteroatoms. The van der Waals surface area contributed by atoms with E-state index in [9.17, 15) is 48.3 Å². The van der Waals surface area contributed by atoms with Gasteiger partial charge in [-0.3, -0.25) is 57.7 Å². The highest BCUT2D eigenvalue weighted by Gasteiger charge is 2.39. The van der Waals surface area contributed by atoms with Crippen LogP contribution in [0, 0.1) is 0 Å². The summed E-state index contributed by atoms with van der Waals surface area (Å²) in [4.78, 5) is 170. The Hall–Kier alpha value is -8.71. The van der Waals surface area contributed by atoms with Crippen LogP contribution in [0.25, 0.3) is 10.9 Å². The van der Waals surface area contributed by atoms with Gasteiger partial charge in [-0.25, -0.2) is 4.98 Å². The first-order valence-electron chi connectivity index (χ1n) is 28.5. The Morgan fingerprint density at radius 2 is 1.36 bits per heavy atom. The maximum atomic E-state index is 15.2. The van der Waals surface area contributed by atoms with Crippen molar-refractivity contribution in [2.75, 3.05) is 31.1 Å². The number of benzene rings is 2. The molecule has 2 aromatic carbocycles. The highest BCUT2D eigenvalue weighted by molar-refractivity contribution is 8.76. The van der Waals surface area contributed by atoms with E-state index in [0.29, 0.717) is 53.4 Å². The normalized spacial score (nSPS) is 22.5. The molecule has 0 unspecified atom stereocenters. The molecule has 9 atom stereocenters. The SMILES string of the molecule is CC(=O)N[C@H]1CSSC[C@@H](C(=O)N[C@@H](CCCCN)C(=O)N2CCC[C@@H]2C(N)=O)NC(=O)[C@H](Cc2c[nH]c3ccccc23)NC(=O)[C@@H](CCCN=C(N)N)NC(=O)[C@H](Cc2ccccc2)NC(=O)[C@@H](Cc2cnc[nH]2)NC(=O)[C@H](CCC(=O)O)NC1=O. The van der Waals surface area contributed by atoms with Crippen molar-refractivity contribution in [2.45, 2.75) is 138 Å². The predicted octanol–water partition coefficient (Wildman–Crippen LogP) is -2.26. The molecule has 2 aliphatic rings. The number of nitrogens with zero attached hydrogens (tertiary/aromatic N) is 3. The first-order valence-corrected chi connectivity index (χ1v) is 31.0. The third kappa shape index (κ3) is 21.0. The lowest BCUT2D eigenvalue weighted by Crippen LogP contribution is -2.61. The number of imidazole rings is 1. The molecule has 0 aliphatic carbocycles. The second kappa shape index (κ2) is 33.8. The van der Waals surface area contributed by atoms with Gasteiger partial charge in [0.05, 0.1) is 6.33 Å². The van der Waals surface area contributed by atoms with Gasteiger partial charge in [0, 0.05) is 86.2 Å². The number of carbonyl (C=O) groups is 11. The van der Waals surface area contributed by atoms with E-state index >= 15 is 9.59 Å². The standard InChI is InChI=1S/C56H77N17O12S2/c1-31(74)65-43-28-86-87-29-44(54(84)68-39(15-7-8-20-57)55(85)73-22-10-17-45(73)47(58)77)72-51(81)41(24-33-26-63-36-14-6-5-13-35(33)36)70-48(78)37(16-9-21-62-56(59)60)66-50(80)40(23-32-11-3-2-4-12-32)69-52(82)42(25-34-27-61-30-64-34)71-49(79)38(67-53(43)83)18-19-46(75)76/h2-6,11-14,26-27,30,37-45,63H,7-10,15-25,28-29,57H2,1H3,(H2,58,77)(H,61,64)(H,65,74)(H,66,80)(H,67,83)(H,68,84)(H,69,82)(H,70,78)(H,71,79)(H,72,81)(H,75,76)(H4,59,60,62)/t37-,38+,39+,40+,41+,42-,43+,44+,45-/m1/s1. The zero-order valence-corrected chi connectivity index (χ0v) is 49.7. The van der Waals surface area contributed by atoms with E-state index in [1.165, 1.54) is 17.4 Å². The molecule has 87 heavy (non-hydrogen) atoms. The third-order valence-electron chi connectivity index (χ3n) is 14.4. The number of amides is 10. The third-order valence-corrected chi connectivity index (χ3v) is 16.8. The van der Waals surface area contributed by atoms with Crippen molar-refractivity contribution < 1.29 is 57.8 Å². The Kier molecular flexibility index (Phi) is 26.2. The molecule has 19 N–H and O–H groups in total. The molecule has 2 fully saturated rings. The topological polar surface area (TPSA) is 468 Å². The molecule has 4 aromatic rings. The number of guanidine groups is 1. The smallest absolute Gasteiger partial charge is 0.303 e. The lowest BCUT2D eigenvalue weighted by molar-refractivity contribution is -0.141. The summed E-state index contributed by atoms with van der Waals surface area (Å²) in [5.74, 6) is -10.4. The summed E-state index contributed by atoms with van der Waals surface area (Å²) in [6.07, 6.45) is 4.35. The van der Waals surface area contributed by atoms with Gasteiger partial charge in [0.2, 0.25) is 59.1 Å². The number of aromatic nitrogens is 3.